The van der Waals surface area contributed by atoms with Gasteiger partial charge in [0.2, 0.25) is 0 Å². The van der Waals surface area contributed by atoms with Gasteiger partial charge in [0.15, 0.2) is 17.4 Å². The van der Waals surface area contributed by atoms with Crippen molar-refractivity contribution in [3.05, 3.63) is 0 Å². The van der Waals surface area contributed by atoms with Crippen molar-refractivity contribution in [3.8, 4) is 0 Å². The average molecular weight is 671 g/mol. The Morgan fingerprint density at radius 2 is 1.19 bits per heavy atom. The zero-order valence-electron chi connectivity index (χ0n) is 29.6. The summed E-state index contributed by atoms with van der Waals surface area (Å²) in [6, 6.07) is 2.47. The highest BCUT2D eigenvalue weighted by atomic mass is 28.4. The molecule has 0 N–H and O–H groups in total. The minimum Gasteiger partial charge on any atom is -0.439 e. The lowest BCUT2D eigenvalue weighted by Gasteiger charge is -2.41. The molecule has 0 aromatic heterocycles. The van der Waals surface area contributed by atoms with Crippen LogP contribution in [0.1, 0.15) is 91.9 Å². The number of hydrogen-bond donors (Lipinski definition) is 0. The monoisotopic (exact) mass is 670 g/mol. The van der Waals surface area contributed by atoms with Crippen molar-refractivity contribution in [2.24, 2.45) is 23.7 Å². The summed E-state index contributed by atoms with van der Waals surface area (Å²) >= 11 is 0. The molecule has 6 nitrogen and oxygen atoms in total. The molecule has 0 amide bonds. The summed E-state index contributed by atoms with van der Waals surface area (Å²) in [6.45, 7) is 25.8. The standard InChI is InChI=1S/C33H66O6Si4/c1-24(26-16-18-32(3)30(20-26)34-32)22-40(5)38-42(8,9)36-28-12-14-29(15-13-28)37-43(10,11)39-41(6,7)23-25(2)27-17-19-33(4)31(21-27)35-33/h24-31,40H,12-23H2,1-11H3. The second kappa shape index (κ2) is 12.9. The van der Waals surface area contributed by atoms with Crippen molar-refractivity contribution < 1.29 is 26.6 Å². The largest absolute Gasteiger partial charge is 0.439 e. The van der Waals surface area contributed by atoms with Gasteiger partial charge in [0, 0.05) is 12.2 Å². The lowest BCUT2D eigenvalue weighted by Crippen LogP contribution is -2.50. The Labute approximate surface area is 269 Å². The number of hydrogen-bond acceptors (Lipinski definition) is 6. The fourth-order valence-corrected chi connectivity index (χ4v) is 25.1. The number of rotatable bonds is 14. The van der Waals surface area contributed by atoms with Crippen LogP contribution in [-0.4, -0.2) is 70.1 Å². The van der Waals surface area contributed by atoms with E-state index < -0.39 is 34.5 Å². The number of ether oxygens (including phenoxy) is 2. The van der Waals surface area contributed by atoms with Crippen LogP contribution < -0.4 is 0 Å². The van der Waals surface area contributed by atoms with Crippen LogP contribution in [0, 0.1) is 23.7 Å². The summed E-state index contributed by atoms with van der Waals surface area (Å²) in [5.41, 5.74) is 0.425. The highest BCUT2D eigenvalue weighted by molar-refractivity contribution is 6.82. The fraction of sp³-hybridized carbons (Fsp3) is 1.00. The topological polar surface area (TPSA) is 62.0 Å². The third-order valence-electron chi connectivity index (χ3n) is 11.8. The molecule has 0 radical (unpaired) electrons. The minimum atomic E-state index is -2.21. The Balaban J connectivity index is 0.994. The van der Waals surface area contributed by atoms with Crippen LogP contribution in [0.3, 0.4) is 0 Å². The van der Waals surface area contributed by atoms with Crippen molar-refractivity contribution in [1.29, 1.82) is 0 Å². The molecule has 3 aliphatic carbocycles. The lowest BCUT2D eigenvalue weighted by molar-refractivity contribution is 0.0509. The molecular weight excluding hydrogens is 605 g/mol. The van der Waals surface area contributed by atoms with Crippen molar-refractivity contribution in [2.75, 3.05) is 0 Å². The van der Waals surface area contributed by atoms with Crippen LogP contribution in [0.25, 0.3) is 0 Å². The lowest BCUT2D eigenvalue weighted by atomic mass is 9.77. The Morgan fingerprint density at radius 1 is 0.721 bits per heavy atom. The van der Waals surface area contributed by atoms with E-state index in [1.165, 1.54) is 50.6 Å². The summed E-state index contributed by atoms with van der Waals surface area (Å²) in [4.78, 5) is 0. The molecule has 9 atom stereocenters. The molecule has 9 unspecified atom stereocenters. The van der Waals surface area contributed by atoms with E-state index in [2.05, 4.69) is 73.5 Å². The molecule has 0 bridgehead atoms. The van der Waals surface area contributed by atoms with Gasteiger partial charge in [-0.3, -0.25) is 0 Å². The molecule has 5 aliphatic rings. The molecule has 43 heavy (non-hydrogen) atoms. The van der Waals surface area contributed by atoms with Crippen molar-refractivity contribution in [3.63, 3.8) is 0 Å². The predicted molar refractivity (Wildman–Crippen MR) is 185 cm³/mol. The third-order valence-corrected chi connectivity index (χ3v) is 24.7. The van der Waals surface area contributed by atoms with E-state index in [4.69, 9.17) is 26.6 Å². The summed E-state index contributed by atoms with van der Waals surface area (Å²) in [5, 5.41) is 0. The molecular formula is C33H66O6Si4. The van der Waals surface area contributed by atoms with Crippen LogP contribution >= 0.6 is 0 Å². The molecule has 0 spiro atoms. The van der Waals surface area contributed by atoms with Gasteiger partial charge in [-0.15, -0.1) is 0 Å². The predicted octanol–water partition coefficient (Wildman–Crippen LogP) is 8.51. The molecule has 2 saturated heterocycles. The van der Waals surface area contributed by atoms with Gasteiger partial charge in [0.1, 0.15) is 0 Å². The van der Waals surface area contributed by atoms with Crippen molar-refractivity contribution in [2.45, 2.75) is 185 Å². The first kappa shape index (κ1) is 34.9. The molecule has 5 fully saturated rings. The van der Waals surface area contributed by atoms with Gasteiger partial charge in [0.25, 0.3) is 0 Å². The van der Waals surface area contributed by atoms with Crippen LogP contribution in [0.15, 0.2) is 0 Å². The average Bonchev–Trinajstić information content (AvgIpc) is 3.74. The Kier molecular flexibility index (Phi) is 10.5. The molecule has 10 heteroatoms. The molecule has 250 valence electrons. The van der Waals surface area contributed by atoms with Gasteiger partial charge >= 0.3 is 17.1 Å². The van der Waals surface area contributed by atoms with E-state index in [0.717, 1.165) is 43.4 Å². The molecule has 0 aromatic carbocycles. The van der Waals surface area contributed by atoms with Gasteiger partial charge in [-0.2, -0.15) is 0 Å². The van der Waals surface area contributed by atoms with Crippen molar-refractivity contribution >= 4 is 34.5 Å². The Hall–Kier alpha value is 0.628. The van der Waals surface area contributed by atoms with Crippen LogP contribution in [-0.2, 0) is 26.6 Å². The van der Waals surface area contributed by atoms with Gasteiger partial charge < -0.3 is 26.6 Å². The first-order valence-corrected chi connectivity index (χ1v) is 29.1. The van der Waals surface area contributed by atoms with Crippen LogP contribution in [0.2, 0.25) is 57.9 Å². The van der Waals surface area contributed by atoms with Gasteiger partial charge in [-0.1, -0.05) is 13.8 Å². The first-order chi connectivity index (χ1) is 19.9. The summed E-state index contributed by atoms with van der Waals surface area (Å²) < 4.78 is 39.2. The normalized spacial score (nSPS) is 40.3. The summed E-state index contributed by atoms with van der Waals surface area (Å²) in [6.07, 6.45) is 13.5. The zero-order chi connectivity index (χ0) is 31.4. The van der Waals surface area contributed by atoms with Gasteiger partial charge in [-0.25, -0.2) is 0 Å². The van der Waals surface area contributed by atoms with E-state index in [1.54, 1.807) is 0 Å². The maximum absolute atomic E-state index is 6.96. The van der Waals surface area contributed by atoms with E-state index in [0.29, 0.717) is 30.3 Å². The molecule has 3 saturated carbocycles. The maximum Gasteiger partial charge on any atom is 0.321 e. The highest BCUT2D eigenvalue weighted by Crippen LogP contribution is 2.52. The zero-order valence-corrected chi connectivity index (χ0v) is 33.8. The summed E-state index contributed by atoms with van der Waals surface area (Å²) in [5.74, 6) is 3.01. The van der Waals surface area contributed by atoms with E-state index >= 15 is 0 Å². The molecule has 2 heterocycles. The molecule has 0 aromatic rings. The second-order valence-corrected chi connectivity index (χ2v) is 31.4. The first-order valence-electron chi connectivity index (χ1n) is 18.0. The summed E-state index contributed by atoms with van der Waals surface area (Å²) in [7, 11) is -7.46. The van der Waals surface area contributed by atoms with E-state index in [9.17, 15) is 0 Å². The smallest absolute Gasteiger partial charge is 0.321 e. The van der Waals surface area contributed by atoms with Gasteiger partial charge in [0.05, 0.1) is 23.4 Å². The Bertz CT molecular complexity index is 958. The fourth-order valence-electron chi connectivity index (χ4n) is 9.40. The third kappa shape index (κ3) is 9.38. The quantitative estimate of drug-likeness (QED) is 0.136. The Morgan fingerprint density at radius 3 is 1.67 bits per heavy atom. The SMILES string of the molecule is CC(C[SiH](C)O[Si](C)(C)OC1CCC(O[Si](C)(C)O[Si](C)(C)CC(C)C2CCC3(C)OC3C2)CC1)C1CCC2(C)OC2C1. The van der Waals surface area contributed by atoms with E-state index in [-0.39, 0.29) is 11.2 Å². The second-order valence-electron chi connectivity index (χ2n) is 17.5. The van der Waals surface area contributed by atoms with Crippen LogP contribution in [0.5, 0.6) is 0 Å². The van der Waals surface area contributed by atoms with Crippen LogP contribution in [0.4, 0.5) is 0 Å². The highest BCUT2D eigenvalue weighted by Gasteiger charge is 2.57. The maximum atomic E-state index is 6.96. The number of fused-ring (bicyclic) bond motifs is 2. The minimum absolute atomic E-state index is 0.208. The van der Waals surface area contributed by atoms with Gasteiger partial charge in [-0.05, 0) is 160 Å². The number of epoxide rings is 2. The van der Waals surface area contributed by atoms with Crippen molar-refractivity contribution in [1.82, 2.24) is 0 Å². The molecule has 2 aliphatic heterocycles. The molecule has 5 rings (SSSR count). The van der Waals surface area contributed by atoms with E-state index in [1.807, 2.05) is 0 Å².